The van der Waals surface area contributed by atoms with Crippen molar-refractivity contribution in [1.29, 1.82) is 0 Å². The van der Waals surface area contributed by atoms with Crippen LogP contribution in [0.1, 0.15) is 48.9 Å². The topological polar surface area (TPSA) is 136 Å². The molecule has 0 aliphatic heterocycles. The maximum absolute atomic E-state index is 12.8. The lowest BCUT2D eigenvalue weighted by Crippen LogP contribution is -2.44. The number of hydrogen-bond donors (Lipinski definition) is 3. The monoisotopic (exact) mass is 534 g/mol. The molecule has 3 N–H and O–H groups in total. The fraction of sp³-hybridized carbons (Fsp3) is 0.545. The molecule has 0 bridgehead atoms. The van der Waals surface area contributed by atoms with E-state index in [9.17, 15) is 37.8 Å². The number of carbonyl (C=O) groups is 1. The zero-order valence-corrected chi connectivity index (χ0v) is 19.9. The van der Waals surface area contributed by atoms with Gasteiger partial charge in [-0.15, -0.1) is 13.2 Å². The quantitative estimate of drug-likeness (QED) is 0.439. The lowest BCUT2D eigenvalue weighted by molar-refractivity contribution is -0.330. The number of amides is 1. The number of alkyl halides is 3. The molecule has 198 valence electrons. The Morgan fingerprint density at radius 2 is 1.89 bits per heavy atom. The highest BCUT2D eigenvalue weighted by Gasteiger charge is 2.31. The van der Waals surface area contributed by atoms with Crippen molar-refractivity contribution in [2.75, 3.05) is 13.2 Å². The molecule has 1 aliphatic carbocycles. The summed E-state index contributed by atoms with van der Waals surface area (Å²) in [7, 11) is 0. The molecule has 1 fully saturated rings. The van der Waals surface area contributed by atoms with Gasteiger partial charge >= 0.3 is 12.1 Å². The summed E-state index contributed by atoms with van der Waals surface area (Å²) in [5, 5.41) is 27.0. The molecule has 36 heavy (non-hydrogen) atoms. The maximum Gasteiger partial charge on any atom is 0.522 e. The second-order valence-corrected chi connectivity index (χ2v) is 9.09. The van der Waals surface area contributed by atoms with Crippen LogP contribution in [0.25, 0.3) is 5.69 Å². The van der Waals surface area contributed by atoms with Gasteiger partial charge in [-0.05, 0) is 31.0 Å². The highest BCUT2D eigenvalue weighted by molar-refractivity contribution is 6.33. The van der Waals surface area contributed by atoms with Crippen molar-refractivity contribution in [1.82, 2.24) is 19.7 Å². The van der Waals surface area contributed by atoms with Gasteiger partial charge in [-0.25, -0.2) is 4.79 Å². The van der Waals surface area contributed by atoms with Crippen molar-refractivity contribution in [2.24, 2.45) is 0 Å². The summed E-state index contributed by atoms with van der Waals surface area (Å²) >= 11 is 6.17. The molecule has 0 radical (unpaired) electrons. The number of aliphatic hydroxyl groups is 2. The van der Waals surface area contributed by atoms with Gasteiger partial charge in [0.2, 0.25) is 0 Å². The summed E-state index contributed by atoms with van der Waals surface area (Å²) in [5.41, 5.74) is -3.02. The fourth-order valence-corrected chi connectivity index (χ4v) is 4.16. The number of nitrogens with one attached hydrogen (secondary N) is 1. The van der Waals surface area contributed by atoms with E-state index in [2.05, 4.69) is 15.2 Å². The number of halogens is 4. The lowest BCUT2D eigenvalue weighted by Gasteiger charge is -2.26. The van der Waals surface area contributed by atoms with Crippen molar-refractivity contribution in [3.05, 3.63) is 55.8 Å². The Balaban J connectivity index is 1.81. The number of carbonyl (C=O) groups excluding carboxylic acids is 1. The number of nitrogens with zero attached hydrogens (tertiary/aromatic N) is 3. The van der Waals surface area contributed by atoms with Gasteiger partial charge in [0.05, 0.1) is 41.1 Å². The normalized spacial score (nSPS) is 16.8. The van der Waals surface area contributed by atoms with E-state index in [-0.39, 0.29) is 22.8 Å². The van der Waals surface area contributed by atoms with E-state index >= 15 is 0 Å². The van der Waals surface area contributed by atoms with Crippen molar-refractivity contribution in [3.8, 4) is 5.69 Å². The van der Waals surface area contributed by atoms with Crippen molar-refractivity contribution < 1.29 is 32.9 Å². The molecule has 14 heteroatoms. The van der Waals surface area contributed by atoms with Gasteiger partial charge in [-0.1, -0.05) is 37.3 Å². The average Bonchev–Trinajstić information content (AvgIpc) is 3.04. The molecule has 10 nitrogen and oxygen atoms in total. The minimum atomic E-state index is -4.99. The minimum absolute atomic E-state index is 0.0172. The van der Waals surface area contributed by atoms with Gasteiger partial charge in [0.1, 0.15) is 6.20 Å². The highest BCUT2D eigenvalue weighted by Crippen LogP contribution is 2.27. The Labute approximate surface area is 208 Å². The number of hydrogen-bond acceptors (Lipinski definition) is 7. The predicted octanol–water partition coefficient (Wildman–Crippen LogP) is 1.76. The number of aliphatic hydroxyl groups excluding tert-OH is 1. The largest absolute Gasteiger partial charge is 0.522 e. The third kappa shape index (κ3) is 7.38. The highest BCUT2D eigenvalue weighted by atomic mass is 35.5. The Kier molecular flexibility index (Phi) is 8.93. The lowest BCUT2D eigenvalue weighted by atomic mass is 9.94. The SMILES string of the molecule is O=C(NCC1(O)CCCCCC1)c1cc(-n2ncc(=O)n(CC(O)COC(F)(F)F)c2=O)ccc1Cl. The molecular formula is C22H26ClF3N4O6. The van der Waals surface area contributed by atoms with Crippen LogP contribution in [0.3, 0.4) is 0 Å². The number of benzene rings is 1. The zero-order chi connectivity index (χ0) is 26.5. The summed E-state index contributed by atoms with van der Waals surface area (Å²) in [6.07, 6.45) is -1.21. The number of ether oxygens (including phenoxy) is 1. The van der Waals surface area contributed by atoms with E-state index in [1.807, 2.05) is 0 Å². The zero-order valence-electron chi connectivity index (χ0n) is 19.1. The second kappa shape index (κ2) is 11.5. The molecule has 1 aromatic carbocycles. The van der Waals surface area contributed by atoms with Crippen molar-refractivity contribution >= 4 is 17.5 Å². The molecular weight excluding hydrogens is 509 g/mol. The van der Waals surface area contributed by atoms with Crippen LogP contribution in [-0.4, -0.2) is 61.7 Å². The molecule has 1 amide bonds. The molecule has 1 atom stereocenters. The van der Waals surface area contributed by atoms with Crippen molar-refractivity contribution in [3.63, 3.8) is 0 Å². The van der Waals surface area contributed by atoms with Crippen LogP contribution in [0.15, 0.2) is 34.0 Å². The maximum atomic E-state index is 12.8. The van der Waals surface area contributed by atoms with Crippen LogP contribution in [0.4, 0.5) is 13.2 Å². The smallest absolute Gasteiger partial charge is 0.389 e. The fourth-order valence-electron chi connectivity index (χ4n) is 3.96. The second-order valence-electron chi connectivity index (χ2n) is 8.68. The predicted molar refractivity (Wildman–Crippen MR) is 122 cm³/mol. The molecule has 3 rings (SSSR count). The van der Waals surface area contributed by atoms with Gasteiger partial charge in [-0.2, -0.15) is 9.78 Å². The van der Waals surface area contributed by atoms with Crippen LogP contribution in [-0.2, 0) is 11.3 Å². The Morgan fingerprint density at radius 1 is 1.22 bits per heavy atom. The first-order valence-corrected chi connectivity index (χ1v) is 11.6. The Hall–Kier alpha value is -2.74. The summed E-state index contributed by atoms with van der Waals surface area (Å²) in [4.78, 5) is 37.7. The standard InChI is InChI=1S/C22H26ClF3N4O6/c23-17-6-5-14(9-16(17)19(33)27-13-21(35)7-3-1-2-4-8-21)30-20(34)29(18(32)10-28-30)11-15(31)12-36-22(24,25)26/h5-6,9-10,15,31,35H,1-4,7-8,11-13H2,(H,27,33). The summed E-state index contributed by atoms with van der Waals surface area (Å²) in [6, 6.07) is 3.94. The first kappa shape index (κ1) is 27.8. The van der Waals surface area contributed by atoms with Gasteiger partial charge in [-0.3, -0.25) is 18.9 Å². The molecule has 1 aromatic heterocycles. The van der Waals surface area contributed by atoms with E-state index in [1.54, 1.807) is 0 Å². The Bertz CT molecular complexity index is 1190. The van der Waals surface area contributed by atoms with Crippen molar-refractivity contribution in [2.45, 2.75) is 63.1 Å². The summed E-state index contributed by atoms with van der Waals surface area (Å²) in [6.45, 7) is -1.95. The first-order valence-electron chi connectivity index (χ1n) is 11.3. The number of rotatable bonds is 8. The first-order chi connectivity index (χ1) is 16.9. The van der Waals surface area contributed by atoms with E-state index in [1.165, 1.54) is 18.2 Å². The number of aromatic nitrogens is 3. The van der Waals surface area contributed by atoms with Crippen LogP contribution in [0, 0.1) is 0 Å². The van der Waals surface area contributed by atoms with Crippen LogP contribution in [0.5, 0.6) is 0 Å². The van der Waals surface area contributed by atoms with Crippen LogP contribution in [0.2, 0.25) is 5.02 Å². The minimum Gasteiger partial charge on any atom is -0.389 e. The molecule has 1 aliphatic rings. The van der Waals surface area contributed by atoms with Crippen LogP contribution < -0.4 is 16.6 Å². The van der Waals surface area contributed by atoms with E-state index in [4.69, 9.17) is 11.6 Å². The van der Waals surface area contributed by atoms with E-state index < -0.39 is 48.4 Å². The third-order valence-corrected chi connectivity index (χ3v) is 6.18. The van der Waals surface area contributed by atoms with Gasteiger partial charge in [0.15, 0.2) is 0 Å². The molecule has 1 unspecified atom stereocenters. The molecule has 2 aromatic rings. The summed E-state index contributed by atoms with van der Waals surface area (Å²) in [5.74, 6) is -0.597. The molecule has 0 spiro atoms. The molecule has 1 heterocycles. The van der Waals surface area contributed by atoms with Gasteiger partial charge in [0, 0.05) is 6.54 Å². The molecule has 0 saturated heterocycles. The van der Waals surface area contributed by atoms with E-state index in [0.29, 0.717) is 17.4 Å². The average molecular weight is 535 g/mol. The van der Waals surface area contributed by atoms with Crippen LogP contribution >= 0.6 is 11.6 Å². The van der Waals surface area contributed by atoms with Gasteiger partial charge < -0.3 is 15.5 Å². The molecule has 1 saturated carbocycles. The van der Waals surface area contributed by atoms with Gasteiger partial charge in [0.25, 0.3) is 11.5 Å². The van der Waals surface area contributed by atoms with E-state index in [0.717, 1.165) is 36.6 Å². The third-order valence-electron chi connectivity index (χ3n) is 5.85. The summed E-state index contributed by atoms with van der Waals surface area (Å²) < 4.78 is 41.4. The Morgan fingerprint density at radius 3 is 2.53 bits per heavy atom.